The lowest BCUT2D eigenvalue weighted by atomic mass is 10.2. The standard InChI is InChI=1S/C13H12ClN3O/c1-15-12-7-2-9(8-16-12)13(18)17-11-5-3-10(14)4-6-11/h2-8H,1H3,(H,15,16)(H,17,18). The van der Waals surface area contributed by atoms with Crippen LogP contribution in [0.3, 0.4) is 0 Å². The van der Waals surface area contributed by atoms with E-state index in [4.69, 9.17) is 11.6 Å². The first-order valence-electron chi connectivity index (χ1n) is 5.40. The lowest BCUT2D eigenvalue weighted by Crippen LogP contribution is -2.12. The second-order valence-electron chi connectivity index (χ2n) is 3.64. The van der Waals surface area contributed by atoms with Gasteiger partial charge in [0, 0.05) is 24.0 Å². The number of benzene rings is 1. The monoisotopic (exact) mass is 261 g/mol. The van der Waals surface area contributed by atoms with Gasteiger partial charge in [-0.3, -0.25) is 4.79 Å². The van der Waals surface area contributed by atoms with Crippen LogP contribution in [0.5, 0.6) is 0 Å². The molecule has 0 atom stereocenters. The van der Waals surface area contributed by atoms with Gasteiger partial charge in [0.1, 0.15) is 5.82 Å². The van der Waals surface area contributed by atoms with Gasteiger partial charge in [-0.2, -0.15) is 0 Å². The Bertz CT molecular complexity index is 537. The molecule has 4 nitrogen and oxygen atoms in total. The molecule has 5 heteroatoms. The fourth-order valence-corrected chi connectivity index (χ4v) is 1.54. The molecular weight excluding hydrogens is 250 g/mol. The van der Waals surface area contributed by atoms with E-state index in [0.717, 1.165) is 5.82 Å². The molecule has 92 valence electrons. The zero-order valence-corrected chi connectivity index (χ0v) is 10.5. The molecule has 2 N–H and O–H groups in total. The van der Waals surface area contributed by atoms with Crippen LogP contribution in [0, 0.1) is 0 Å². The van der Waals surface area contributed by atoms with E-state index in [1.165, 1.54) is 6.20 Å². The Balaban J connectivity index is 2.09. The topological polar surface area (TPSA) is 54.0 Å². The number of hydrogen-bond acceptors (Lipinski definition) is 3. The van der Waals surface area contributed by atoms with E-state index in [-0.39, 0.29) is 5.91 Å². The number of hydrogen-bond donors (Lipinski definition) is 2. The molecule has 2 aromatic rings. The van der Waals surface area contributed by atoms with Crippen LogP contribution in [0.25, 0.3) is 0 Å². The van der Waals surface area contributed by atoms with Gasteiger partial charge in [-0.25, -0.2) is 4.98 Å². The molecule has 1 heterocycles. The normalized spacial score (nSPS) is 9.89. The molecule has 0 spiro atoms. The Kier molecular flexibility index (Phi) is 3.79. The molecule has 0 unspecified atom stereocenters. The van der Waals surface area contributed by atoms with Crippen molar-refractivity contribution in [2.75, 3.05) is 17.7 Å². The molecule has 0 bridgehead atoms. The summed E-state index contributed by atoms with van der Waals surface area (Å²) < 4.78 is 0. The molecule has 0 saturated heterocycles. The van der Waals surface area contributed by atoms with Gasteiger partial charge >= 0.3 is 0 Å². The highest BCUT2D eigenvalue weighted by Gasteiger charge is 2.06. The van der Waals surface area contributed by atoms with Gasteiger partial charge in [0.05, 0.1) is 5.56 Å². The molecule has 2 rings (SSSR count). The highest BCUT2D eigenvalue weighted by Crippen LogP contribution is 2.14. The minimum Gasteiger partial charge on any atom is -0.373 e. The number of amides is 1. The van der Waals surface area contributed by atoms with Crippen molar-refractivity contribution < 1.29 is 4.79 Å². The van der Waals surface area contributed by atoms with Crippen LogP contribution in [-0.2, 0) is 0 Å². The number of anilines is 2. The summed E-state index contributed by atoms with van der Waals surface area (Å²) in [7, 11) is 1.77. The Hall–Kier alpha value is -2.07. The zero-order valence-electron chi connectivity index (χ0n) is 9.77. The highest BCUT2D eigenvalue weighted by molar-refractivity contribution is 6.30. The van der Waals surface area contributed by atoms with E-state index in [0.29, 0.717) is 16.3 Å². The summed E-state index contributed by atoms with van der Waals surface area (Å²) in [5.74, 6) is 0.519. The average molecular weight is 262 g/mol. The van der Waals surface area contributed by atoms with Gasteiger partial charge in [0.2, 0.25) is 0 Å². The van der Waals surface area contributed by atoms with Crippen molar-refractivity contribution in [2.45, 2.75) is 0 Å². The Morgan fingerprint density at radius 3 is 2.44 bits per heavy atom. The third-order valence-corrected chi connectivity index (χ3v) is 2.64. The minimum atomic E-state index is -0.201. The SMILES string of the molecule is CNc1ccc(C(=O)Nc2ccc(Cl)cc2)cn1. The number of carbonyl (C=O) groups is 1. The van der Waals surface area contributed by atoms with Crippen LogP contribution in [0.4, 0.5) is 11.5 Å². The maximum absolute atomic E-state index is 11.9. The van der Waals surface area contributed by atoms with Crippen molar-refractivity contribution in [3.8, 4) is 0 Å². The van der Waals surface area contributed by atoms with Crippen LogP contribution in [-0.4, -0.2) is 17.9 Å². The Labute approximate surface area is 110 Å². The fourth-order valence-electron chi connectivity index (χ4n) is 1.41. The van der Waals surface area contributed by atoms with E-state index in [1.807, 2.05) is 0 Å². The van der Waals surface area contributed by atoms with Crippen molar-refractivity contribution in [2.24, 2.45) is 0 Å². The number of aromatic nitrogens is 1. The summed E-state index contributed by atoms with van der Waals surface area (Å²) in [4.78, 5) is 16.0. The van der Waals surface area contributed by atoms with Crippen LogP contribution in [0.15, 0.2) is 42.6 Å². The van der Waals surface area contributed by atoms with Crippen molar-refractivity contribution in [1.29, 1.82) is 0 Å². The summed E-state index contributed by atoms with van der Waals surface area (Å²) in [5, 5.41) is 6.29. The number of nitrogens with zero attached hydrogens (tertiary/aromatic N) is 1. The van der Waals surface area contributed by atoms with E-state index >= 15 is 0 Å². The zero-order chi connectivity index (χ0) is 13.0. The summed E-state index contributed by atoms with van der Waals surface area (Å²) in [6, 6.07) is 10.4. The molecule has 18 heavy (non-hydrogen) atoms. The summed E-state index contributed by atoms with van der Waals surface area (Å²) in [6.45, 7) is 0. The van der Waals surface area contributed by atoms with Gasteiger partial charge in [-0.15, -0.1) is 0 Å². The van der Waals surface area contributed by atoms with E-state index in [2.05, 4.69) is 15.6 Å². The molecule has 0 radical (unpaired) electrons. The highest BCUT2D eigenvalue weighted by atomic mass is 35.5. The smallest absolute Gasteiger partial charge is 0.257 e. The van der Waals surface area contributed by atoms with Gasteiger partial charge in [-0.05, 0) is 36.4 Å². The molecular formula is C13H12ClN3O. The molecule has 0 aliphatic heterocycles. The fraction of sp³-hybridized carbons (Fsp3) is 0.0769. The summed E-state index contributed by atoms with van der Waals surface area (Å²) in [5.41, 5.74) is 1.20. The number of halogens is 1. The average Bonchev–Trinajstić information content (AvgIpc) is 2.41. The molecule has 0 saturated carbocycles. The first-order valence-corrected chi connectivity index (χ1v) is 5.77. The van der Waals surface area contributed by atoms with Crippen molar-refractivity contribution in [1.82, 2.24) is 4.98 Å². The van der Waals surface area contributed by atoms with Gasteiger partial charge in [-0.1, -0.05) is 11.6 Å². The number of pyridine rings is 1. The number of rotatable bonds is 3. The maximum atomic E-state index is 11.9. The van der Waals surface area contributed by atoms with Gasteiger partial charge in [0.25, 0.3) is 5.91 Å². The Morgan fingerprint density at radius 1 is 1.17 bits per heavy atom. The maximum Gasteiger partial charge on any atom is 0.257 e. The second-order valence-corrected chi connectivity index (χ2v) is 4.08. The molecule has 1 aromatic heterocycles. The summed E-state index contributed by atoms with van der Waals surface area (Å²) in [6.07, 6.45) is 1.52. The largest absolute Gasteiger partial charge is 0.373 e. The Morgan fingerprint density at radius 2 is 1.89 bits per heavy atom. The van der Waals surface area contributed by atoms with Crippen molar-refractivity contribution in [3.63, 3.8) is 0 Å². The molecule has 0 aliphatic rings. The number of carbonyl (C=O) groups excluding carboxylic acids is 1. The first kappa shape index (κ1) is 12.4. The lowest BCUT2D eigenvalue weighted by molar-refractivity contribution is 0.102. The number of nitrogens with one attached hydrogen (secondary N) is 2. The first-order chi connectivity index (χ1) is 8.69. The third-order valence-electron chi connectivity index (χ3n) is 2.38. The van der Waals surface area contributed by atoms with Gasteiger partial charge in [0.15, 0.2) is 0 Å². The van der Waals surface area contributed by atoms with Crippen LogP contribution in [0.1, 0.15) is 10.4 Å². The van der Waals surface area contributed by atoms with Crippen LogP contribution in [0.2, 0.25) is 5.02 Å². The predicted molar refractivity (Wildman–Crippen MR) is 73.2 cm³/mol. The second kappa shape index (κ2) is 5.51. The van der Waals surface area contributed by atoms with E-state index in [9.17, 15) is 4.79 Å². The third kappa shape index (κ3) is 2.99. The van der Waals surface area contributed by atoms with Gasteiger partial charge < -0.3 is 10.6 Å². The lowest BCUT2D eigenvalue weighted by Gasteiger charge is -2.05. The quantitative estimate of drug-likeness (QED) is 0.893. The molecule has 0 fully saturated rings. The molecule has 0 aliphatic carbocycles. The van der Waals surface area contributed by atoms with Crippen LogP contribution < -0.4 is 10.6 Å². The summed E-state index contributed by atoms with van der Waals surface area (Å²) >= 11 is 5.77. The molecule has 1 aromatic carbocycles. The van der Waals surface area contributed by atoms with Crippen molar-refractivity contribution >= 4 is 29.0 Å². The van der Waals surface area contributed by atoms with Crippen LogP contribution >= 0.6 is 11.6 Å². The van der Waals surface area contributed by atoms with E-state index in [1.54, 1.807) is 43.4 Å². The van der Waals surface area contributed by atoms with E-state index < -0.39 is 0 Å². The molecule has 1 amide bonds. The minimum absolute atomic E-state index is 0.201. The predicted octanol–water partition coefficient (Wildman–Crippen LogP) is 3.03. The van der Waals surface area contributed by atoms with Crippen molar-refractivity contribution in [3.05, 3.63) is 53.2 Å².